The average molecular weight is 290 g/mol. The van der Waals surface area contributed by atoms with E-state index in [0.29, 0.717) is 6.54 Å². The second-order valence-electron chi connectivity index (χ2n) is 6.58. The van der Waals surface area contributed by atoms with Crippen LogP contribution in [0.5, 0.6) is 0 Å². The molecule has 0 radical (unpaired) electrons. The number of hydrogen-bond acceptors (Lipinski definition) is 3. The molecular weight excluding hydrogens is 264 g/mol. The van der Waals surface area contributed by atoms with Crippen molar-refractivity contribution in [3.8, 4) is 0 Å². The zero-order chi connectivity index (χ0) is 15.6. The van der Waals surface area contributed by atoms with Gasteiger partial charge >= 0.3 is 0 Å². The number of likely N-dealkylation sites (tertiary alicyclic amines) is 1. The molecule has 0 spiro atoms. The van der Waals surface area contributed by atoms with E-state index < -0.39 is 5.60 Å². The van der Waals surface area contributed by atoms with Gasteiger partial charge < -0.3 is 10.4 Å². The molecule has 116 valence electrons. The predicted octanol–water partition coefficient (Wildman–Crippen LogP) is 2.48. The van der Waals surface area contributed by atoms with Crippen molar-refractivity contribution in [2.45, 2.75) is 52.2 Å². The molecule has 1 aliphatic rings. The first-order chi connectivity index (χ1) is 9.79. The Balaban J connectivity index is 2.00. The van der Waals surface area contributed by atoms with Crippen molar-refractivity contribution in [1.29, 1.82) is 0 Å². The maximum Gasteiger partial charge on any atom is 0.238 e. The third kappa shape index (κ3) is 3.83. The third-order valence-electron chi connectivity index (χ3n) is 4.40. The van der Waals surface area contributed by atoms with Crippen molar-refractivity contribution >= 4 is 11.6 Å². The molecule has 1 atom stereocenters. The second kappa shape index (κ2) is 6.16. The molecule has 2 N–H and O–H groups in total. The van der Waals surface area contributed by atoms with Crippen LogP contribution in [0.15, 0.2) is 18.2 Å². The number of aliphatic hydroxyl groups is 1. The van der Waals surface area contributed by atoms with Gasteiger partial charge in [0, 0.05) is 11.7 Å². The smallest absolute Gasteiger partial charge is 0.238 e. The minimum atomic E-state index is -0.768. The lowest BCUT2D eigenvalue weighted by atomic mass is 9.97. The highest BCUT2D eigenvalue weighted by Crippen LogP contribution is 2.26. The van der Waals surface area contributed by atoms with Crippen LogP contribution in [-0.2, 0) is 4.79 Å². The van der Waals surface area contributed by atoms with Gasteiger partial charge in [-0.2, -0.15) is 0 Å². The van der Waals surface area contributed by atoms with Gasteiger partial charge in [0.25, 0.3) is 0 Å². The number of benzene rings is 1. The highest BCUT2D eigenvalue weighted by Gasteiger charge is 2.36. The predicted molar refractivity (Wildman–Crippen MR) is 85.4 cm³/mol. The normalized spacial score (nSPS) is 19.8. The van der Waals surface area contributed by atoms with E-state index >= 15 is 0 Å². The molecule has 1 unspecified atom stereocenters. The molecule has 0 bridgehead atoms. The average Bonchev–Trinajstić information content (AvgIpc) is 2.83. The summed E-state index contributed by atoms with van der Waals surface area (Å²) in [6.45, 7) is 8.89. The number of amides is 1. The fourth-order valence-electron chi connectivity index (χ4n) is 3.08. The molecular formula is C17H26N2O2. The molecule has 1 heterocycles. The summed E-state index contributed by atoms with van der Waals surface area (Å²) in [6, 6.07) is 5.97. The number of carbonyl (C=O) groups is 1. The lowest BCUT2D eigenvalue weighted by Crippen LogP contribution is -2.48. The number of nitrogens with one attached hydrogen (secondary N) is 1. The number of nitrogens with zero attached hydrogens (tertiary/aromatic N) is 1. The number of carbonyl (C=O) groups excluding carboxylic acids is 1. The van der Waals surface area contributed by atoms with Crippen molar-refractivity contribution in [2.75, 3.05) is 18.4 Å². The van der Waals surface area contributed by atoms with Gasteiger partial charge in [-0.05, 0) is 64.3 Å². The Morgan fingerprint density at radius 1 is 1.43 bits per heavy atom. The lowest BCUT2D eigenvalue weighted by Gasteiger charge is -2.33. The largest absolute Gasteiger partial charge is 0.389 e. The van der Waals surface area contributed by atoms with Gasteiger partial charge in [0.2, 0.25) is 5.91 Å². The Bertz CT molecular complexity index is 520. The maximum absolute atomic E-state index is 12.3. The molecule has 1 amide bonds. The van der Waals surface area contributed by atoms with Crippen molar-refractivity contribution in [3.05, 3.63) is 29.3 Å². The molecule has 0 saturated carbocycles. The van der Waals surface area contributed by atoms with Crippen LogP contribution in [0.25, 0.3) is 0 Å². The summed E-state index contributed by atoms with van der Waals surface area (Å²) in [4.78, 5) is 14.4. The second-order valence-corrected chi connectivity index (χ2v) is 6.58. The zero-order valence-electron chi connectivity index (χ0n) is 13.4. The number of anilines is 1. The van der Waals surface area contributed by atoms with E-state index in [1.165, 1.54) is 5.56 Å². The highest BCUT2D eigenvalue weighted by atomic mass is 16.3. The van der Waals surface area contributed by atoms with E-state index in [9.17, 15) is 9.90 Å². The molecule has 2 rings (SSSR count). The van der Waals surface area contributed by atoms with Crippen LogP contribution < -0.4 is 5.32 Å². The molecule has 1 saturated heterocycles. The molecule has 1 aromatic carbocycles. The number of aryl methyl sites for hydroxylation is 1. The number of hydrogen-bond donors (Lipinski definition) is 2. The van der Waals surface area contributed by atoms with Gasteiger partial charge in [-0.25, -0.2) is 0 Å². The topological polar surface area (TPSA) is 52.6 Å². The minimum absolute atomic E-state index is 0.0140. The summed E-state index contributed by atoms with van der Waals surface area (Å²) in [6.07, 6.45) is 1.98. The maximum atomic E-state index is 12.3. The van der Waals surface area contributed by atoms with E-state index in [0.717, 1.165) is 30.6 Å². The monoisotopic (exact) mass is 290 g/mol. The Morgan fingerprint density at radius 3 is 2.81 bits per heavy atom. The van der Waals surface area contributed by atoms with Crippen molar-refractivity contribution in [3.63, 3.8) is 0 Å². The molecule has 0 aromatic heterocycles. The van der Waals surface area contributed by atoms with Crippen molar-refractivity contribution < 1.29 is 9.90 Å². The summed E-state index contributed by atoms with van der Waals surface area (Å²) in [5, 5.41) is 13.2. The van der Waals surface area contributed by atoms with Crippen molar-refractivity contribution in [1.82, 2.24) is 4.90 Å². The first-order valence-corrected chi connectivity index (χ1v) is 7.61. The molecule has 1 aliphatic heterocycles. The SMILES string of the molecule is Cc1cccc(NC(=O)CN2CCCC2C(C)(C)O)c1C. The summed E-state index contributed by atoms with van der Waals surface area (Å²) in [5.74, 6) is -0.0140. The summed E-state index contributed by atoms with van der Waals surface area (Å²) >= 11 is 0. The summed E-state index contributed by atoms with van der Waals surface area (Å²) in [5.41, 5.74) is 2.38. The first-order valence-electron chi connectivity index (χ1n) is 7.61. The molecule has 4 heteroatoms. The molecule has 1 fully saturated rings. The van der Waals surface area contributed by atoms with Gasteiger partial charge in [-0.3, -0.25) is 9.69 Å². The van der Waals surface area contributed by atoms with E-state index in [1.807, 2.05) is 45.9 Å². The Morgan fingerprint density at radius 2 is 2.14 bits per heavy atom. The summed E-state index contributed by atoms with van der Waals surface area (Å²) < 4.78 is 0. The molecule has 4 nitrogen and oxygen atoms in total. The Kier molecular flexibility index (Phi) is 4.69. The molecule has 0 aliphatic carbocycles. The van der Waals surface area contributed by atoms with E-state index in [2.05, 4.69) is 10.2 Å². The van der Waals surface area contributed by atoms with Crippen LogP contribution in [0.3, 0.4) is 0 Å². The van der Waals surface area contributed by atoms with Gasteiger partial charge in [-0.1, -0.05) is 12.1 Å². The van der Waals surface area contributed by atoms with E-state index in [1.54, 1.807) is 0 Å². The molecule has 21 heavy (non-hydrogen) atoms. The fraction of sp³-hybridized carbons (Fsp3) is 0.588. The van der Waals surface area contributed by atoms with Gasteiger partial charge in [-0.15, -0.1) is 0 Å². The van der Waals surface area contributed by atoms with Gasteiger partial charge in [0.15, 0.2) is 0 Å². The van der Waals surface area contributed by atoms with Crippen LogP contribution in [0, 0.1) is 13.8 Å². The van der Waals surface area contributed by atoms with Crippen LogP contribution in [0.1, 0.15) is 37.8 Å². The lowest BCUT2D eigenvalue weighted by molar-refractivity contribution is -0.118. The fourth-order valence-corrected chi connectivity index (χ4v) is 3.08. The quantitative estimate of drug-likeness (QED) is 0.895. The van der Waals surface area contributed by atoms with Crippen LogP contribution >= 0.6 is 0 Å². The first kappa shape index (κ1) is 16.0. The van der Waals surface area contributed by atoms with E-state index in [-0.39, 0.29) is 11.9 Å². The summed E-state index contributed by atoms with van der Waals surface area (Å²) in [7, 11) is 0. The van der Waals surface area contributed by atoms with E-state index in [4.69, 9.17) is 0 Å². The highest BCUT2D eigenvalue weighted by molar-refractivity contribution is 5.93. The van der Waals surface area contributed by atoms with Crippen LogP contribution in [0.4, 0.5) is 5.69 Å². The molecule has 1 aromatic rings. The number of rotatable bonds is 4. The Labute approximate surface area is 127 Å². The van der Waals surface area contributed by atoms with Gasteiger partial charge in [0.05, 0.1) is 12.1 Å². The van der Waals surface area contributed by atoms with Crippen molar-refractivity contribution in [2.24, 2.45) is 0 Å². The van der Waals surface area contributed by atoms with Crippen LogP contribution in [0.2, 0.25) is 0 Å². The van der Waals surface area contributed by atoms with Crippen LogP contribution in [-0.4, -0.2) is 40.6 Å². The minimum Gasteiger partial charge on any atom is -0.389 e. The van der Waals surface area contributed by atoms with Gasteiger partial charge in [0.1, 0.15) is 0 Å². The standard InChI is InChI=1S/C17H26N2O2/c1-12-7-5-8-14(13(12)2)18-16(20)11-19-10-6-9-15(19)17(3,4)21/h5,7-8,15,21H,6,9-11H2,1-4H3,(H,18,20). The zero-order valence-corrected chi connectivity index (χ0v) is 13.4. The Hall–Kier alpha value is -1.39. The third-order valence-corrected chi connectivity index (χ3v) is 4.40.